The lowest BCUT2D eigenvalue weighted by molar-refractivity contribution is 0.294. The third kappa shape index (κ3) is 15.6. The lowest BCUT2D eigenvalue weighted by atomic mass is 10.0. The maximum absolute atomic E-state index is 6.43. The third-order valence-electron chi connectivity index (χ3n) is 9.76. The molecule has 0 aliphatic rings. The van der Waals surface area contributed by atoms with E-state index in [1.54, 1.807) is 5.56 Å². The molecule has 3 rings (SSSR count). The fourth-order valence-corrected chi connectivity index (χ4v) is 8.81. The largest absolute Gasteiger partial charge is 0.493 e. The molecule has 0 saturated heterocycles. The fraction of sp³-hybridized carbons (Fsp3) is 0.652. The predicted molar refractivity (Wildman–Crippen MR) is 223 cm³/mol. The van der Waals surface area contributed by atoms with Crippen molar-refractivity contribution in [1.82, 2.24) is 0 Å². The second kappa shape index (κ2) is 25.7. The van der Waals surface area contributed by atoms with Gasteiger partial charge in [0.15, 0.2) is 0 Å². The number of thiophene rings is 2. The Hall–Kier alpha value is -2.22. The van der Waals surface area contributed by atoms with E-state index in [1.165, 1.54) is 142 Å². The van der Waals surface area contributed by atoms with Crippen LogP contribution in [0.1, 0.15) is 188 Å². The first kappa shape index (κ1) is 42.2. The first-order valence-electron chi connectivity index (χ1n) is 20.6. The highest BCUT2D eigenvalue weighted by Gasteiger charge is 2.15. The first-order chi connectivity index (χ1) is 24.5. The molecule has 0 bridgehead atoms. The van der Waals surface area contributed by atoms with Crippen molar-refractivity contribution in [1.29, 1.82) is 0 Å². The summed E-state index contributed by atoms with van der Waals surface area (Å²) in [6, 6.07) is 9.18. The van der Waals surface area contributed by atoms with E-state index in [9.17, 15) is 0 Å². The standard InChI is InChI=1S/C46H70O2S2/c1-7-11-15-19-21-25-31-47-43-35-40(44(33-37(43)5)48-32-26-22-20-16-12-8-2)29-30-42-34-41(28-24-18-14-10-4)46(50-42)45-36-39(38(6)49-45)27-23-17-13-9-3/h33-36H,7-28,31-32H2,1-6H3. The van der Waals surface area contributed by atoms with Crippen LogP contribution in [0, 0.1) is 25.7 Å². The summed E-state index contributed by atoms with van der Waals surface area (Å²) in [6.45, 7) is 15.1. The molecule has 0 aliphatic carbocycles. The number of benzene rings is 1. The van der Waals surface area contributed by atoms with Gasteiger partial charge in [-0.1, -0.05) is 142 Å². The van der Waals surface area contributed by atoms with Crippen molar-refractivity contribution in [2.45, 2.75) is 183 Å². The summed E-state index contributed by atoms with van der Waals surface area (Å²) < 4.78 is 12.8. The molecular formula is C46H70O2S2. The number of ether oxygens (including phenoxy) is 2. The van der Waals surface area contributed by atoms with Crippen LogP contribution >= 0.6 is 22.7 Å². The highest BCUT2D eigenvalue weighted by atomic mass is 32.1. The monoisotopic (exact) mass is 718 g/mol. The minimum atomic E-state index is 0.738. The van der Waals surface area contributed by atoms with Gasteiger partial charge in [0.1, 0.15) is 11.5 Å². The van der Waals surface area contributed by atoms with Gasteiger partial charge in [-0.25, -0.2) is 0 Å². The van der Waals surface area contributed by atoms with Crippen LogP contribution in [0.15, 0.2) is 24.3 Å². The first-order valence-corrected chi connectivity index (χ1v) is 22.3. The van der Waals surface area contributed by atoms with Crippen molar-refractivity contribution in [2.24, 2.45) is 0 Å². The molecule has 0 saturated carbocycles. The topological polar surface area (TPSA) is 18.5 Å². The lowest BCUT2D eigenvalue weighted by Crippen LogP contribution is -2.03. The van der Waals surface area contributed by atoms with Crippen molar-refractivity contribution in [3.05, 3.63) is 56.3 Å². The van der Waals surface area contributed by atoms with Gasteiger partial charge in [0, 0.05) is 14.6 Å². The molecule has 0 radical (unpaired) electrons. The molecule has 0 atom stereocenters. The van der Waals surface area contributed by atoms with E-state index in [-0.39, 0.29) is 0 Å². The molecule has 2 nitrogen and oxygen atoms in total. The van der Waals surface area contributed by atoms with E-state index in [0.717, 1.165) is 60.0 Å². The summed E-state index contributed by atoms with van der Waals surface area (Å²) in [6.07, 6.45) is 27.8. The van der Waals surface area contributed by atoms with Gasteiger partial charge >= 0.3 is 0 Å². The maximum Gasteiger partial charge on any atom is 0.135 e. The zero-order chi connectivity index (χ0) is 35.8. The summed E-state index contributed by atoms with van der Waals surface area (Å²) in [5.41, 5.74) is 5.09. The van der Waals surface area contributed by atoms with Gasteiger partial charge in [-0.15, -0.1) is 22.7 Å². The normalized spacial score (nSPS) is 11.2. The fourth-order valence-electron chi connectivity index (χ4n) is 6.54. The maximum atomic E-state index is 6.43. The Morgan fingerprint density at radius 1 is 0.500 bits per heavy atom. The van der Waals surface area contributed by atoms with Crippen LogP contribution in [-0.2, 0) is 12.8 Å². The minimum absolute atomic E-state index is 0.738. The van der Waals surface area contributed by atoms with Gasteiger partial charge in [-0.3, -0.25) is 0 Å². The van der Waals surface area contributed by atoms with E-state index >= 15 is 0 Å². The number of hydrogen-bond acceptors (Lipinski definition) is 4. The van der Waals surface area contributed by atoms with Crippen molar-refractivity contribution in [3.63, 3.8) is 0 Å². The second-order valence-corrected chi connectivity index (χ2v) is 16.7. The molecular weight excluding hydrogens is 649 g/mol. The number of unbranched alkanes of at least 4 members (excludes halogenated alkanes) is 16. The van der Waals surface area contributed by atoms with Crippen molar-refractivity contribution >= 4 is 22.7 Å². The summed E-state index contributed by atoms with van der Waals surface area (Å²) in [4.78, 5) is 5.50. The van der Waals surface area contributed by atoms with Crippen LogP contribution in [0.25, 0.3) is 9.75 Å². The van der Waals surface area contributed by atoms with Crippen LogP contribution < -0.4 is 9.47 Å². The molecule has 50 heavy (non-hydrogen) atoms. The molecule has 2 aromatic heterocycles. The number of aryl methyl sites for hydroxylation is 4. The van der Waals surface area contributed by atoms with Crippen LogP contribution in [-0.4, -0.2) is 13.2 Å². The summed E-state index contributed by atoms with van der Waals surface area (Å²) in [5.74, 6) is 9.02. The highest BCUT2D eigenvalue weighted by Crippen LogP contribution is 2.40. The highest BCUT2D eigenvalue weighted by molar-refractivity contribution is 7.22. The Bertz CT molecular complexity index is 1400. The average Bonchev–Trinajstić information content (AvgIpc) is 3.70. The van der Waals surface area contributed by atoms with E-state index in [0.29, 0.717) is 0 Å². The molecule has 2 heterocycles. The predicted octanol–water partition coefficient (Wildman–Crippen LogP) is 15.2. The molecule has 3 aromatic rings. The van der Waals surface area contributed by atoms with Crippen LogP contribution in [0.2, 0.25) is 0 Å². The SMILES string of the molecule is CCCCCCCCOc1cc(C#Cc2cc(CCCCCC)c(-c3cc(CCCCCC)c(C)s3)s2)c(OCCCCCCCC)cc1C. The molecule has 278 valence electrons. The Balaban J connectivity index is 1.84. The molecule has 0 unspecified atom stereocenters. The van der Waals surface area contributed by atoms with Crippen molar-refractivity contribution in [3.8, 4) is 33.1 Å². The lowest BCUT2D eigenvalue weighted by Gasteiger charge is -2.14. The zero-order valence-electron chi connectivity index (χ0n) is 32.9. The third-order valence-corrected chi connectivity index (χ3v) is 12.1. The van der Waals surface area contributed by atoms with E-state index in [1.807, 2.05) is 22.7 Å². The second-order valence-electron chi connectivity index (χ2n) is 14.4. The summed E-state index contributed by atoms with van der Waals surface area (Å²) in [7, 11) is 0. The van der Waals surface area contributed by atoms with Crippen LogP contribution in [0.3, 0.4) is 0 Å². The smallest absolute Gasteiger partial charge is 0.135 e. The summed E-state index contributed by atoms with van der Waals surface area (Å²) in [5, 5.41) is 0. The summed E-state index contributed by atoms with van der Waals surface area (Å²) >= 11 is 3.86. The van der Waals surface area contributed by atoms with Crippen molar-refractivity contribution < 1.29 is 9.47 Å². The molecule has 0 aliphatic heterocycles. The van der Waals surface area contributed by atoms with Crippen LogP contribution in [0.5, 0.6) is 11.5 Å². The van der Waals surface area contributed by atoms with Gasteiger partial charge in [-0.2, -0.15) is 0 Å². The minimum Gasteiger partial charge on any atom is -0.493 e. The van der Waals surface area contributed by atoms with Gasteiger partial charge in [0.25, 0.3) is 0 Å². The van der Waals surface area contributed by atoms with Gasteiger partial charge in [0.05, 0.1) is 23.7 Å². The Kier molecular flexibility index (Phi) is 21.7. The van der Waals surface area contributed by atoms with E-state index in [4.69, 9.17) is 9.47 Å². The molecule has 0 N–H and O–H groups in total. The zero-order valence-corrected chi connectivity index (χ0v) is 34.5. The van der Waals surface area contributed by atoms with E-state index in [2.05, 4.69) is 77.6 Å². The Labute approximate surface area is 316 Å². The van der Waals surface area contributed by atoms with Gasteiger partial charge in [0.2, 0.25) is 0 Å². The number of rotatable bonds is 27. The molecule has 0 spiro atoms. The van der Waals surface area contributed by atoms with Crippen molar-refractivity contribution in [2.75, 3.05) is 13.2 Å². The van der Waals surface area contributed by atoms with Crippen LogP contribution in [0.4, 0.5) is 0 Å². The average molecular weight is 719 g/mol. The van der Waals surface area contributed by atoms with E-state index < -0.39 is 0 Å². The number of hydrogen-bond donors (Lipinski definition) is 0. The quantitative estimate of drug-likeness (QED) is 0.0577. The van der Waals surface area contributed by atoms with Gasteiger partial charge in [-0.05, 0) is 93.3 Å². The molecule has 0 amide bonds. The Morgan fingerprint density at radius 2 is 1.02 bits per heavy atom. The van der Waals surface area contributed by atoms with Gasteiger partial charge < -0.3 is 9.47 Å². The Morgan fingerprint density at radius 3 is 1.62 bits per heavy atom. The molecule has 4 heteroatoms. The molecule has 1 aromatic carbocycles. The molecule has 0 fully saturated rings.